The Morgan fingerprint density at radius 2 is 1.80 bits per heavy atom. The van der Waals surface area contributed by atoms with Gasteiger partial charge in [-0.2, -0.15) is 0 Å². The number of halogens is 2. The number of amides is 1. The normalized spacial score (nSPS) is 12.6. The van der Waals surface area contributed by atoms with Crippen LogP contribution in [-0.2, 0) is 15.5 Å². The Hall–Kier alpha value is -1.40. The first kappa shape index (κ1) is 19.9. The zero-order valence-electron chi connectivity index (χ0n) is 12.9. The summed E-state index contributed by atoms with van der Waals surface area (Å²) in [5.41, 5.74) is 1.17. The SMILES string of the molecule is O=C(N[C@@H](COP(=O)(O)O)Cc1ccccc1)c1ccc(Cl)c(Cl)c1. The third-order valence-electron chi connectivity index (χ3n) is 3.29. The maximum Gasteiger partial charge on any atom is 0.469 e. The molecule has 0 aliphatic rings. The number of rotatable bonds is 7. The quantitative estimate of drug-likeness (QED) is 0.615. The minimum atomic E-state index is -4.64. The van der Waals surface area contributed by atoms with E-state index < -0.39 is 19.8 Å². The zero-order valence-corrected chi connectivity index (χ0v) is 15.3. The van der Waals surface area contributed by atoms with Gasteiger partial charge in [-0.15, -0.1) is 0 Å². The summed E-state index contributed by atoms with van der Waals surface area (Å²) in [5, 5.41) is 3.25. The summed E-state index contributed by atoms with van der Waals surface area (Å²) < 4.78 is 15.5. The summed E-state index contributed by atoms with van der Waals surface area (Å²) in [7, 11) is -4.64. The van der Waals surface area contributed by atoms with Crippen molar-refractivity contribution in [2.24, 2.45) is 0 Å². The van der Waals surface area contributed by atoms with Gasteiger partial charge in [-0.1, -0.05) is 53.5 Å². The van der Waals surface area contributed by atoms with Crippen molar-refractivity contribution in [1.82, 2.24) is 5.32 Å². The maximum atomic E-state index is 12.4. The van der Waals surface area contributed by atoms with Gasteiger partial charge in [0.2, 0.25) is 0 Å². The van der Waals surface area contributed by atoms with Gasteiger partial charge in [0.05, 0.1) is 22.7 Å². The number of carbonyl (C=O) groups excluding carboxylic acids is 1. The molecule has 25 heavy (non-hydrogen) atoms. The number of hydrogen-bond donors (Lipinski definition) is 3. The number of phosphoric ester groups is 1. The van der Waals surface area contributed by atoms with Crippen LogP contribution in [0, 0.1) is 0 Å². The van der Waals surface area contributed by atoms with Crippen LogP contribution < -0.4 is 5.32 Å². The van der Waals surface area contributed by atoms with Crippen molar-refractivity contribution in [3.05, 3.63) is 69.7 Å². The van der Waals surface area contributed by atoms with Crippen molar-refractivity contribution in [2.45, 2.75) is 12.5 Å². The van der Waals surface area contributed by atoms with E-state index in [1.807, 2.05) is 30.3 Å². The van der Waals surface area contributed by atoms with Gasteiger partial charge in [-0.05, 0) is 30.2 Å². The molecule has 1 atom stereocenters. The van der Waals surface area contributed by atoms with Crippen molar-refractivity contribution in [1.29, 1.82) is 0 Å². The molecule has 1 amide bonds. The molecule has 134 valence electrons. The van der Waals surface area contributed by atoms with E-state index in [0.717, 1.165) is 5.56 Å². The van der Waals surface area contributed by atoms with Crippen LogP contribution in [0.2, 0.25) is 10.0 Å². The summed E-state index contributed by atoms with van der Waals surface area (Å²) in [6.07, 6.45) is 0.341. The number of hydrogen-bond acceptors (Lipinski definition) is 3. The van der Waals surface area contributed by atoms with Gasteiger partial charge in [0.1, 0.15) is 0 Å². The molecule has 3 N–H and O–H groups in total. The second kappa shape index (κ2) is 8.81. The van der Waals surface area contributed by atoms with E-state index in [-0.39, 0.29) is 17.2 Å². The van der Waals surface area contributed by atoms with Gasteiger partial charge in [0.15, 0.2) is 0 Å². The van der Waals surface area contributed by atoms with Gasteiger partial charge in [-0.25, -0.2) is 4.57 Å². The summed E-state index contributed by atoms with van der Waals surface area (Å²) >= 11 is 11.7. The molecule has 0 fully saturated rings. The van der Waals surface area contributed by atoms with Crippen LogP contribution in [0.15, 0.2) is 48.5 Å². The van der Waals surface area contributed by atoms with Gasteiger partial charge < -0.3 is 15.1 Å². The van der Waals surface area contributed by atoms with Crippen molar-refractivity contribution in [3.63, 3.8) is 0 Å². The Bertz CT molecular complexity index is 781. The second-order valence-electron chi connectivity index (χ2n) is 5.28. The number of carbonyl (C=O) groups is 1. The Kier molecular flexibility index (Phi) is 7.02. The molecule has 9 heteroatoms. The molecule has 0 aliphatic carbocycles. The summed E-state index contributed by atoms with van der Waals surface area (Å²) in [6, 6.07) is 13.0. The summed E-state index contributed by atoms with van der Waals surface area (Å²) in [5.74, 6) is -0.450. The smallest absolute Gasteiger partial charge is 0.347 e. The fraction of sp³-hybridized carbons (Fsp3) is 0.188. The lowest BCUT2D eigenvalue weighted by molar-refractivity contribution is 0.0909. The van der Waals surface area contributed by atoms with Crippen molar-refractivity contribution in [2.75, 3.05) is 6.61 Å². The standard InChI is InChI=1S/C16H16Cl2NO5P/c17-14-7-6-12(9-15(14)18)16(20)19-13(10-24-25(21,22)23)8-11-4-2-1-3-5-11/h1-7,9,13H,8,10H2,(H,19,20)(H2,21,22,23)/t13-/m1/s1. The minimum absolute atomic E-state index is 0.236. The molecule has 2 aromatic rings. The predicted molar refractivity (Wildman–Crippen MR) is 95.9 cm³/mol. The lowest BCUT2D eigenvalue weighted by Crippen LogP contribution is -2.39. The van der Waals surface area contributed by atoms with Gasteiger partial charge in [-0.3, -0.25) is 9.32 Å². The van der Waals surface area contributed by atoms with Crippen LogP contribution in [0.4, 0.5) is 0 Å². The van der Waals surface area contributed by atoms with Crippen LogP contribution in [0.25, 0.3) is 0 Å². The number of phosphoric acid groups is 1. The van der Waals surface area contributed by atoms with E-state index in [0.29, 0.717) is 11.4 Å². The molecule has 2 aromatic carbocycles. The Labute approximate surface area is 155 Å². The number of benzene rings is 2. The summed E-state index contributed by atoms with van der Waals surface area (Å²) in [4.78, 5) is 30.2. The van der Waals surface area contributed by atoms with Crippen molar-refractivity contribution in [3.8, 4) is 0 Å². The van der Waals surface area contributed by atoms with E-state index in [1.165, 1.54) is 18.2 Å². The average molecular weight is 404 g/mol. The molecular formula is C16H16Cl2NO5P. The minimum Gasteiger partial charge on any atom is -0.347 e. The molecule has 0 saturated heterocycles. The highest BCUT2D eigenvalue weighted by atomic mass is 35.5. The first-order valence-corrected chi connectivity index (χ1v) is 9.53. The third kappa shape index (κ3) is 6.78. The molecule has 2 rings (SSSR count). The fourth-order valence-electron chi connectivity index (χ4n) is 2.14. The van der Waals surface area contributed by atoms with E-state index in [9.17, 15) is 9.36 Å². The highest BCUT2D eigenvalue weighted by molar-refractivity contribution is 7.46. The van der Waals surface area contributed by atoms with Gasteiger partial charge in [0.25, 0.3) is 5.91 Å². The molecule has 0 aromatic heterocycles. The van der Waals surface area contributed by atoms with E-state index >= 15 is 0 Å². The average Bonchev–Trinajstić information content (AvgIpc) is 2.55. The monoisotopic (exact) mass is 403 g/mol. The van der Waals surface area contributed by atoms with Crippen molar-refractivity contribution >= 4 is 36.9 Å². The molecule has 0 radical (unpaired) electrons. The van der Waals surface area contributed by atoms with E-state index in [1.54, 1.807) is 0 Å². The topological polar surface area (TPSA) is 95.9 Å². The van der Waals surface area contributed by atoms with E-state index in [2.05, 4.69) is 9.84 Å². The van der Waals surface area contributed by atoms with Gasteiger partial charge >= 0.3 is 7.82 Å². The highest BCUT2D eigenvalue weighted by Crippen LogP contribution is 2.35. The lowest BCUT2D eigenvalue weighted by Gasteiger charge is -2.19. The first-order chi connectivity index (χ1) is 11.7. The van der Waals surface area contributed by atoms with Gasteiger partial charge in [0, 0.05) is 5.56 Å². The fourth-order valence-corrected chi connectivity index (χ4v) is 2.82. The highest BCUT2D eigenvalue weighted by Gasteiger charge is 2.21. The molecule has 0 aliphatic heterocycles. The van der Waals surface area contributed by atoms with Crippen LogP contribution in [0.3, 0.4) is 0 Å². The molecule has 0 unspecified atom stereocenters. The predicted octanol–water partition coefficient (Wildman–Crippen LogP) is 3.44. The Morgan fingerprint density at radius 1 is 1.12 bits per heavy atom. The van der Waals surface area contributed by atoms with Crippen molar-refractivity contribution < 1.29 is 23.7 Å². The second-order valence-corrected chi connectivity index (χ2v) is 7.33. The molecule has 0 bridgehead atoms. The maximum absolute atomic E-state index is 12.4. The molecule has 0 saturated carbocycles. The first-order valence-electron chi connectivity index (χ1n) is 7.24. The largest absolute Gasteiger partial charge is 0.469 e. The molecular weight excluding hydrogens is 388 g/mol. The van der Waals surface area contributed by atoms with Crippen LogP contribution in [0.1, 0.15) is 15.9 Å². The molecule has 6 nitrogen and oxygen atoms in total. The Morgan fingerprint density at radius 3 is 2.40 bits per heavy atom. The van der Waals surface area contributed by atoms with E-state index in [4.69, 9.17) is 33.0 Å². The molecule has 0 heterocycles. The zero-order chi connectivity index (χ0) is 18.4. The lowest BCUT2D eigenvalue weighted by atomic mass is 10.1. The van der Waals surface area contributed by atoms with Crippen LogP contribution in [-0.4, -0.2) is 28.3 Å². The van der Waals surface area contributed by atoms with Crippen LogP contribution >= 0.6 is 31.0 Å². The Balaban J connectivity index is 2.11. The third-order valence-corrected chi connectivity index (χ3v) is 4.51. The molecule has 0 spiro atoms. The number of nitrogens with one attached hydrogen (secondary N) is 1. The summed E-state index contributed by atoms with van der Waals surface area (Å²) in [6.45, 7) is -0.341. The van der Waals surface area contributed by atoms with Crippen LogP contribution in [0.5, 0.6) is 0 Å².